The summed E-state index contributed by atoms with van der Waals surface area (Å²) in [6, 6.07) is 4.95. The molecule has 314 valence electrons. The van der Waals surface area contributed by atoms with Gasteiger partial charge in [0.2, 0.25) is 0 Å². The number of nitrogens with zero attached hydrogens (tertiary/aromatic N) is 2. The van der Waals surface area contributed by atoms with Crippen LogP contribution in [-0.2, 0) is 28.5 Å². The molecule has 0 aromatic carbocycles. The zero-order valence-electron chi connectivity index (χ0n) is 32.9. The van der Waals surface area contributed by atoms with Crippen molar-refractivity contribution in [1.29, 1.82) is 0 Å². The third kappa shape index (κ3) is 24.6. The molecule has 0 bridgehead atoms. The van der Waals surface area contributed by atoms with E-state index in [1.165, 1.54) is 32.3 Å². The summed E-state index contributed by atoms with van der Waals surface area (Å²) in [4.78, 5) is 78.9. The van der Waals surface area contributed by atoms with Gasteiger partial charge >= 0.3 is 18.2 Å². The zero-order chi connectivity index (χ0) is 41.3. The van der Waals surface area contributed by atoms with Crippen molar-refractivity contribution in [3.05, 3.63) is 60.2 Å². The van der Waals surface area contributed by atoms with E-state index >= 15 is 0 Å². The van der Waals surface area contributed by atoms with Gasteiger partial charge in [0.25, 0.3) is 11.8 Å². The molecule has 1 aliphatic heterocycles. The summed E-state index contributed by atoms with van der Waals surface area (Å²) in [6.45, 7) is 13.3. The molecular weight excluding hydrogens is 748 g/mol. The van der Waals surface area contributed by atoms with Crippen LogP contribution in [0.25, 0.3) is 0 Å². The number of halogens is 1. The van der Waals surface area contributed by atoms with Gasteiger partial charge in [0, 0.05) is 51.1 Å². The van der Waals surface area contributed by atoms with E-state index in [2.05, 4.69) is 31.2 Å². The predicted octanol–water partition coefficient (Wildman–Crippen LogP) is 5.38. The Labute approximate surface area is 335 Å². The summed E-state index contributed by atoms with van der Waals surface area (Å²) in [6.07, 6.45) is 9.06. The lowest BCUT2D eigenvalue weighted by atomic mass is 10.1. The molecule has 0 saturated carbocycles. The van der Waals surface area contributed by atoms with E-state index in [1.807, 2.05) is 0 Å². The number of ether oxygens (including phenoxy) is 4. The van der Waals surface area contributed by atoms with Crippen molar-refractivity contribution < 1.29 is 47.7 Å². The van der Waals surface area contributed by atoms with E-state index < -0.39 is 53.3 Å². The third-order valence-electron chi connectivity index (χ3n) is 6.97. The Bertz CT molecular complexity index is 1350. The molecule has 0 aliphatic carbocycles. The first-order chi connectivity index (χ1) is 26.0. The van der Waals surface area contributed by atoms with E-state index in [4.69, 9.17) is 30.5 Å². The molecule has 17 heteroatoms. The smallest absolute Gasteiger partial charge is 0.407 e. The standard InChI is InChI=1S/C17H24ClN3O4.C17H25N3O5.C4H8O.CH4/c1-17(2,3)25-16(24)20-9-5-7-13(14(22)10-18)21-15(23)12-6-4-8-19-11-12;1-17(2,3)25-16(23)19-10-6-8-13(15(22)24-4)20-14(21)12-7-5-9-18-11-12;1-2-4-5-3-1;/h4,6,8,11,13H,5,7,9-10H2,1-3H3,(H,20,24)(H,21,23);5,7,9,11,13H,6,8,10H2,1-4H3,(H,19,23)(H,20,21);1-4H2;1H4/t2*13-;;/m00../s1. The highest BCUT2D eigenvalue weighted by molar-refractivity contribution is 6.28. The first-order valence-corrected chi connectivity index (χ1v) is 18.6. The van der Waals surface area contributed by atoms with Crippen molar-refractivity contribution in [3.8, 4) is 0 Å². The number of pyridine rings is 2. The lowest BCUT2D eigenvalue weighted by molar-refractivity contribution is -0.143. The minimum atomic E-state index is -0.807. The number of aromatic nitrogens is 2. The van der Waals surface area contributed by atoms with Crippen LogP contribution in [0.3, 0.4) is 0 Å². The van der Waals surface area contributed by atoms with Crippen LogP contribution in [0.1, 0.15) is 108 Å². The number of alkyl carbamates (subject to hydrolysis) is 2. The second-order valence-electron chi connectivity index (χ2n) is 14.1. The minimum absolute atomic E-state index is 0. The quantitative estimate of drug-likeness (QED) is 0.0773. The van der Waals surface area contributed by atoms with E-state index in [0.717, 1.165) is 13.2 Å². The number of methoxy groups -OCH3 is 1. The van der Waals surface area contributed by atoms with Crippen molar-refractivity contribution in [3.63, 3.8) is 0 Å². The normalized spacial score (nSPS) is 12.9. The van der Waals surface area contributed by atoms with Crippen LogP contribution in [0.2, 0.25) is 0 Å². The molecule has 0 radical (unpaired) electrons. The Morgan fingerprint density at radius 1 is 0.750 bits per heavy atom. The van der Waals surface area contributed by atoms with Gasteiger partial charge in [0.1, 0.15) is 17.2 Å². The average Bonchev–Trinajstić information content (AvgIpc) is 3.73. The highest BCUT2D eigenvalue weighted by Crippen LogP contribution is 2.09. The highest BCUT2D eigenvalue weighted by Gasteiger charge is 2.23. The molecule has 1 fully saturated rings. The number of carbonyl (C=O) groups excluding carboxylic acids is 6. The predicted molar refractivity (Wildman–Crippen MR) is 212 cm³/mol. The van der Waals surface area contributed by atoms with Gasteiger partial charge in [-0.2, -0.15) is 0 Å². The van der Waals surface area contributed by atoms with Crippen LogP contribution in [0.15, 0.2) is 49.1 Å². The summed E-state index contributed by atoms with van der Waals surface area (Å²) >= 11 is 5.61. The van der Waals surface area contributed by atoms with Crippen molar-refractivity contribution in [2.75, 3.05) is 39.3 Å². The molecular formula is C39H61ClN6O10. The van der Waals surface area contributed by atoms with Crippen LogP contribution >= 0.6 is 11.6 Å². The molecule has 1 saturated heterocycles. The van der Waals surface area contributed by atoms with Gasteiger partial charge in [-0.25, -0.2) is 14.4 Å². The lowest BCUT2D eigenvalue weighted by Gasteiger charge is -2.20. The van der Waals surface area contributed by atoms with Crippen LogP contribution in [0, 0.1) is 0 Å². The number of amides is 4. The Hall–Kier alpha value is -4.83. The summed E-state index contributed by atoms with van der Waals surface area (Å²) in [5, 5.41) is 10.5. The second kappa shape index (κ2) is 27.7. The van der Waals surface area contributed by atoms with Crippen molar-refractivity contribution >= 4 is 47.4 Å². The number of alkyl halides is 1. The molecule has 1 aliphatic rings. The van der Waals surface area contributed by atoms with Crippen molar-refractivity contribution in [2.24, 2.45) is 0 Å². The monoisotopic (exact) mass is 808 g/mol. The number of rotatable bonds is 15. The topological polar surface area (TPSA) is 213 Å². The molecule has 2 atom stereocenters. The number of esters is 1. The zero-order valence-corrected chi connectivity index (χ0v) is 33.7. The maximum atomic E-state index is 12.1. The van der Waals surface area contributed by atoms with Crippen LogP contribution < -0.4 is 21.3 Å². The molecule has 3 rings (SSSR count). The first kappa shape index (κ1) is 51.2. The van der Waals surface area contributed by atoms with Gasteiger partial charge in [-0.15, -0.1) is 11.6 Å². The number of ketones is 1. The fraction of sp³-hybridized carbons (Fsp3) is 0.590. The number of hydrogen-bond acceptors (Lipinski definition) is 12. The first-order valence-electron chi connectivity index (χ1n) is 18.1. The Morgan fingerprint density at radius 3 is 1.52 bits per heavy atom. The number of hydrogen-bond donors (Lipinski definition) is 4. The second-order valence-corrected chi connectivity index (χ2v) is 14.4. The fourth-order valence-corrected chi connectivity index (χ4v) is 4.59. The summed E-state index contributed by atoms with van der Waals surface area (Å²) in [5.41, 5.74) is -0.431. The molecule has 0 unspecified atom stereocenters. The number of carbonyl (C=O) groups is 6. The van der Waals surface area contributed by atoms with Gasteiger partial charge in [-0.05, 0) is 104 Å². The summed E-state index contributed by atoms with van der Waals surface area (Å²) < 4.78 is 19.9. The lowest BCUT2D eigenvalue weighted by Crippen LogP contribution is -2.42. The molecule has 16 nitrogen and oxygen atoms in total. The van der Waals surface area contributed by atoms with Gasteiger partial charge in [-0.1, -0.05) is 7.43 Å². The average molecular weight is 809 g/mol. The maximum absolute atomic E-state index is 12.1. The summed E-state index contributed by atoms with van der Waals surface area (Å²) in [7, 11) is 1.25. The molecule has 56 heavy (non-hydrogen) atoms. The maximum Gasteiger partial charge on any atom is 0.407 e. The Morgan fingerprint density at radius 2 is 1.18 bits per heavy atom. The number of Topliss-reactive ketones (excluding diaryl/α,β-unsaturated/α-hetero) is 1. The van der Waals surface area contributed by atoms with Gasteiger partial charge in [0.05, 0.1) is 30.2 Å². The largest absolute Gasteiger partial charge is 0.467 e. The van der Waals surface area contributed by atoms with Gasteiger partial charge < -0.3 is 40.2 Å². The molecule has 3 heterocycles. The Kier molecular flexibility index (Phi) is 25.3. The van der Waals surface area contributed by atoms with E-state index in [-0.39, 0.29) is 19.1 Å². The summed E-state index contributed by atoms with van der Waals surface area (Å²) in [5.74, 6) is -1.83. The fourth-order valence-electron chi connectivity index (χ4n) is 4.41. The minimum Gasteiger partial charge on any atom is -0.467 e. The SMILES string of the molecule is C.C1CCOC1.CC(C)(C)OC(=O)NCCC[C@H](NC(=O)c1cccnc1)C(=O)CCl.COC(=O)[C@H](CCCNC(=O)OC(C)(C)C)NC(=O)c1cccnc1. The number of nitrogens with one attached hydrogen (secondary N) is 4. The molecule has 0 spiro atoms. The van der Waals surface area contributed by atoms with Gasteiger partial charge in [-0.3, -0.25) is 24.4 Å². The van der Waals surface area contributed by atoms with Crippen LogP contribution in [0.4, 0.5) is 9.59 Å². The van der Waals surface area contributed by atoms with E-state index in [0.29, 0.717) is 49.9 Å². The molecule has 2 aromatic heterocycles. The van der Waals surface area contributed by atoms with Gasteiger partial charge in [0.15, 0.2) is 5.78 Å². The van der Waals surface area contributed by atoms with Crippen LogP contribution in [-0.4, -0.2) is 108 Å². The van der Waals surface area contributed by atoms with E-state index in [9.17, 15) is 28.8 Å². The third-order valence-corrected chi connectivity index (χ3v) is 7.23. The van der Waals surface area contributed by atoms with E-state index in [1.54, 1.807) is 78.2 Å². The Balaban J connectivity index is 0.000000941. The van der Waals surface area contributed by atoms with Crippen molar-refractivity contribution in [1.82, 2.24) is 31.2 Å². The van der Waals surface area contributed by atoms with Crippen molar-refractivity contribution in [2.45, 2.75) is 111 Å². The molecule has 4 amide bonds. The molecule has 4 N–H and O–H groups in total. The highest BCUT2D eigenvalue weighted by atomic mass is 35.5. The molecule has 2 aromatic rings. The van der Waals surface area contributed by atoms with Crippen LogP contribution in [0.5, 0.6) is 0 Å².